The first kappa shape index (κ1) is 11.5. The van der Waals surface area contributed by atoms with Gasteiger partial charge in [-0.05, 0) is 12.1 Å². The van der Waals surface area contributed by atoms with Crippen LogP contribution in [0.2, 0.25) is 0 Å². The molecule has 88 valence electrons. The molecule has 1 fully saturated rings. The van der Waals surface area contributed by atoms with Gasteiger partial charge in [-0.25, -0.2) is 0 Å². The molecule has 1 amide bonds. The molecule has 2 heterocycles. The fourth-order valence-corrected chi connectivity index (χ4v) is 2.10. The Morgan fingerprint density at radius 3 is 2.59 bits per heavy atom. The summed E-state index contributed by atoms with van der Waals surface area (Å²) >= 11 is 0. The van der Waals surface area contributed by atoms with Gasteiger partial charge >= 0.3 is 0 Å². The normalized spacial score (nSPS) is 26.6. The van der Waals surface area contributed by atoms with Crippen LogP contribution in [0.25, 0.3) is 5.57 Å². The zero-order chi connectivity index (χ0) is 12.6. The number of hydrogen-bond acceptors (Lipinski definition) is 2. The van der Waals surface area contributed by atoms with Crippen LogP contribution in [0.5, 0.6) is 0 Å². The molecule has 0 radical (unpaired) electrons. The van der Waals surface area contributed by atoms with Crippen molar-refractivity contribution in [3.63, 3.8) is 0 Å². The van der Waals surface area contributed by atoms with E-state index < -0.39 is 0 Å². The number of amides is 1. The minimum Gasteiger partial charge on any atom is -0.350 e. The molecule has 17 heavy (non-hydrogen) atoms. The number of allylic oxidation sites excluding steroid dienone is 2. The Kier molecular flexibility index (Phi) is 2.76. The molecule has 1 aromatic heterocycles. The summed E-state index contributed by atoms with van der Waals surface area (Å²) in [4.78, 5) is 11.6. The minimum atomic E-state index is -0.0754. The number of nitriles is 1. The Balaban J connectivity index is 2.54. The lowest BCUT2D eigenvalue weighted by molar-refractivity contribution is -0.122. The zero-order valence-corrected chi connectivity index (χ0v) is 10.2. The van der Waals surface area contributed by atoms with Gasteiger partial charge in [-0.15, -0.1) is 0 Å². The average Bonchev–Trinajstić information content (AvgIpc) is 2.82. The van der Waals surface area contributed by atoms with E-state index in [2.05, 4.69) is 11.4 Å². The van der Waals surface area contributed by atoms with E-state index in [1.54, 1.807) is 0 Å². The van der Waals surface area contributed by atoms with E-state index >= 15 is 0 Å². The second-order valence-corrected chi connectivity index (χ2v) is 4.47. The van der Waals surface area contributed by atoms with Crippen molar-refractivity contribution >= 4 is 11.5 Å². The number of carbonyl (C=O) groups is 1. The zero-order valence-electron chi connectivity index (χ0n) is 10.2. The molecule has 0 aliphatic carbocycles. The van der Waals surface area contributed by atoms with E-state index in [4.69, 9.17) is 0 Å². The SMILES string of the molecule is CC1C(=O)N/C(=C(/C#N)c2cccn2C)C1C. The Bertz CT molecular complexity index is 533. The van der Waals surface area contributed by atoms with Gasteiger partial charge in [0.25, 0.3) is 0 Å². The summed E-state index contributed by atoms with van der Waals surface area (Å²) in [6, 6.07) is 5.97. The van der Waals surface area contributed by atoms with Gasteiger partial charge in [0.15, 0.2) is 0 Å². The van der Waals surface area contributed by atoms with Crippen molar-refractivity contribution in [2.45, 2.75) is 13.8 Å². The predicted octanol–water partition coefficient (Wildman–Crippen LogP) is 1.66. The number of carbonyl (C=O) groups excluding carboxylic acids is 1. The van der Waals surface area contributed by atoms with Crippen molar-refractivity contribution in [3.8, 4) is 6.07 Å². The summed E-state index contributed by atoms with van der Waals surface area (Å²) in [6.07, 6.45) is 1.89. The predicted molar refractivity (Wildman–Crippen MR) is 64.4 cm³/mol. The van der Waals surface area contributed by atoms with Crippen LogP contribution in [0.3, 0.4) is 0 Å². The summed E-state index contributed by atoms with van der Waals surface area (Å²) in [5.41, 5.74) is 2.14. The average molecular weight is 229 g/mol. The molecule has 1 saturated heterocycles. The van der Waals surface area contributed by atoms with Crippen LogP contribution in [-0.2, 0) is 11.8 Å². The lowest BCUT2D eigenvalue weighted by Crippen LogP contribution is -2.17. The Hall–Kier alpha value is -2.02. The number of nitrogens with one attached hydrogen (secondary N) is 1. The quantitative estimate of drug-likeness (QED) is 0.744. The molecule has 2 rings (SSSR count). The largest absolute Gasteiger partial charge is 0.350 e. The molecule has 0 spiro atoms. The minimum absolute atomic E-state index is 0.00513. The smallest absolute Gasteiger partial charge is 0.227 e. The lowest BCUT2D eigenvalue weighted by atomic mass is 9.94. The molecule has 1 aliphatic rings. The van der Waals surface area contributed by atoms with Gasteiger partial charge in [-0.3, -0.25) is 4.79 Å². The van der Waals surface area contributed by atoms with E-state index in [-0.39, 0.29) is 17.7 Å². The van der Waals surface area contributed by atoms with Gasteiger partial charge < -0.3 is 9.88 Å². The van der Waals surface area contributed by atoms with Crippen LogP contribution in [0.4, 0.5) is 0 Å². The van der Waals surface area contributed by atoms with Crippen molar-refractivity contribution in [2.75, 3.05) is 0 Å². The van der Waals surface area contributed by atoms with E-state index in [1.807, 2.05) is 43.8 Å². The number of aromatic nitrogens is 1. The second-order valence-electron chi connectivity index (χ2n) is 4.47. The fraction of sp³-hybridized carbons (Fsp3) is 0.385. The van der Waals surface area contributed by atoms with Gasteiger partial charge in [0.2, 0.25) is 5.91 Å². The highest BCUT2D eigenvalue weighted by atomic mass is 16.2. The molecular formula is C13H15N3O. The fourth-order valence-electron chi connectivity index (χ4n) is 2.10. The van der Waals surface area contributed by atoms with Gasteiger partial charge in [0.1, 0.15) is 6.07 Å². The number of hydrogen-bond donors (Lipinski definition) is 1. The Morgan fingerprint density at radius 2 is 2.18 bits per heavy atom. The molecule has 4 heteroatoms. The van der Waals surface area contributed by atoms with Crippen LogP contribution in [0.15, 0.2) is 24.0 Å². The van der Waals surface area contributed by atoms with E-state index in [1.165, 1.54) is 0 Å². The van der Waals surface area contributed by atoms with Crippen LogP contribution in [0.1, 0.15) is 19.5 Å². The summed E-state index contributed by atoms with van der Waals surface area (Å²) in [5.74, 6) is -0.0184. The number of aryl methyl sites for hydroxylation is 1. The van der Waals surface area contributed by atoms with E-state index in [9.17, 15) is 10.1 Å². The molecule has 2 atom stereocenters. The summed E-state index contributed by atoms with van der Waals surface area (Å²) in [5, 5.41) is 12.1. The highest BCUT2D eigenvalue weighted by Crippen LogP contribution is 2.31. The molecular weight excluding hydrogens is 214 g/mol. The maximum Gasteiger partial charge on any atom is 0.227 e. The third-order valence-electron chi connectivity index (χ3n) is 3.46. The molecule has 0 aromatic carbocycles. The monoisotopic (exact) mass is 229 g/mol. The third kappa shape index (κ3) is 1.74. The van der Waals surface area contributed by atoms with Crippen molar-refractivity contribution in [1.82, 2.24) is 9.88 Å². The lowest BCUT2D eigenvalue weighted by Gasteiger charge is -2.10. The first-order valence-corrected chi connectivity index (χ1v) is 5.63. The summed E-state index contributed by atoms with van der Waals surface area (Å²) in [6.45, 7) is 3.85. The van der Waals surface area contributed by atoms with Crippen LogP contribution >= 0.6 is 0 Å². The van der Waals surface area contributed by atoms with Crippen LogP contribution < -0.4 is 5.32 Å². The summed E-state index contributed by atoms with van der Waals surface area (Å²) in [7, 11) is 1.89. The topological polar surface area (TPSA) is 57.8 Å². The highest BCUT2D eigenvalue weighted by Gasteiger charge is 2.34. The number of nitrogens with zero attached hydrogens (tertiary/aromatic N) is 2. The maximum absolute atomic E-state index is 11.6. The van der Waals surface area contributed by atoms with Crippen molar-refractivity contribution in [1.29, 1.82) is 5.26 Å². The molecule has 1 aliphatic heterocycles. The molecule has 0 saturated carbocycles. The van der Waals surface area contributed by atoms with E-state index in [0.717, 1.165) is 11.4 Å². The molecule has 4 nitrogen and oxygen atoms in total. The van der Waals surface area contributed by atoms with Gasteiger partial charge in [0.05, 0.1) is 11.3 Å². The summed E-state index contributed by atoms with van der Waals surface area (Å²) < 4.78 is 1.88. The Morgan fingerprint density at radius 1 is 1.47 bits per heavy atom. The second kappa shape index (κ2) is 4.10. The Labute approximate surface area is 101 Å². The first-order valence-electron chi connectivity index (χ1n) is 5.63. The number of rotatable bonds is 1. The van der Waals surface area contributed by atoms with Crippen LogP contribution in [-0.4, -0.2) is 10.5 Å². The third-order valence-corrected chi connectivity index (χ3v) is 3.46. The first-order chi connectivity index (χ1) is 8.06. The van der Waals surface area contributed by atoms with Gasteiger partial charge in [-0.1, -0.05) is 13.8 Å². The molecule has 0 bridgehead atoms. The van der Waals surface area contributed by atoms with Crippen molar-refractivity contribution < 1.29 is 4.79 Å². The van der Waals surface area contributed by atoms with Gasteiger partial charge in [-0.2, -0.15) is 5.26 Å². The molecule has 2 unspecified atom stereocenters. The van der Waals surface area contributed by atoms with Gasteiger partial charge in [0, 0.05) is 30.8 Å². The standard InChI is InChI=1S/C13H15N3O/c1-8-9(2)13(17)15-12(8)10(7-14)11-5-4-6-16(11)3/h4-6,8-9H,1-3H3,(H,15,17)/b12-10-. The highest BCUT2D eigenvalue weighted by molar-refractivity contribution is 5.90. The van der Waals surface area contributed by atoms with Crippen LogP contribution in [0, 0.1) is 23.2 Å². The van der Waals surface area contributed by atoms with Crippen molar-refractivity contribution in [2.24, 2.45) is 18.9 Å². The molecule has 1 aromatic rings. The maximum atomic E-state index is 11.6. The van der Waals surface area contributed by atoms with Crippen molar-refractivity contribution in [3.05, 3.63) is 29.7 Å². The van der Waals surface area contributed by atoms with E-state index in [0.29, 0.717) is 5.57 Å². The molecule has 1 N–H and O–H groups in total.